The van der Waals surface area contributed by atoms with Crippen LogP contribution >= 0.6 is 11.6 Å². The number of rotatable bonds is 6. The SMILES string of the molecule is O=C(Nc1cnc(Oc2ccc(-c3cnn4ccc(N5CCC5)nc34)cc2)nc1)Nc1ccc(C(F)(F)F)cc1Cl. The number of aromatic nitrogens is 5. The number of ether oxygens (including phenoxy) is 1. The zero-order valence-electron chi connectivity index (χ0n) is 21.1. The number of anilines is 3. The molecule has 5 aromatic rings. The summed E-state index contributed by atoms with van der Waals surface area (Å²) in [5.74, 6) is 1.43. The fraction of sp³-hybridized carbons (Fsp3) is 0.148. The Balaban J connectivity index is 1.08. The molecule has 0 spiro atoms. The van der Waals surface area contributed by atoms with Crippen molar-refractivity contribution in [3.63, 3.8) is 0 Å². The number of nitrogens with one attached hydrogen (secondary N) is 2. The quantitative estimate of drug-likeness (QED) is 0.236. The molecule has 10 nitrogen and oxygen atoms in total. The minimum absolute atomic E-state index is 0.0120. The van der Waals surface area contributed by atoms with Gasteiger partial charge in [-0.05, 0) is 48.4 Å². The second-order valence-corrected chi connectivity index (χ2v) is 9.51. The number of amides is 2. The van der Waals surface area contributed by atoms with Crippen molar-refractivity contribution >= 4 is 40.5 Å². The summed E-state index contributed by atoms with van der Waals surface area (Å²) >= 11 is 5.88. The first-order valence-corrected chi connectivity index (χ1v) is 12.8. The molecule has 2 aromatic carbocycles. The lowest BCUT2D eigenvalue weighted by Crippen LogP contribution is -2.37. The van der Waals surface area contributed by atoms with Gasteiger partial charge >= 0.3 is 18.2 Å². The largest absolute Gasteiger partial charge is 0.424 e. The van der Waals surface area contributed by atoms with Gasteiger partial charge in [0, 0.05) is 24.8 Å². The molecule has 0 saturated carbocycles. The molecule has 0 radical (unpaired) electrons. The predicted molar refractivity (Wildman–Crippen MR) is 146 cm³/mol. The van der Waals surface area contributed by atoms with Crippen molar-refractivity contribution in [2.24, 2.45) is 0 Å². The van der Waals surface area contributed by atoms with Gasteiger partial charge in [0.05, 0.1) is 40.6 Å². The monoisotopic (exact) mass is 580 g/mol. The van der Waals surface area contributed by atoms with Gasteiger partial charge in [0.2, 0.25) is 0 Å². The maximum absolute atomic E-state index is 12.8. The topological polar surface area (TPSA) is 110 Å². The van der Waals surface area contributed by atoms with Crippen LogP contribution in [0.1, 0.15) is 12.0 Å². The highest BCUT2D eigenvalue weighted by atomic mass is 35.5. The molecular formula is C27H20ClF3N8O2. The highest BCUT2D eigenvalue weighted by molar-refractivity contribution is 6.33. The van der Waals surface area contributed by atoms with Gasteiger partial charge in [-0.25, -0.2) is 24.3 Å². The van der Waals surface area contributed by atoms with E-state index in [9.17, 15) is 18.0 Å². The van der Waals surface area contributed by atoms with Crippen LogP contribution in [0.25, 0.3) is 16.8 Å². The summed E-state index contributed by atoms with van der Waals surface area (Å²) in [7, 11) is 0. The van der Waals surface area contributed by atoms with Crippen molar-refractivity contribution in [2.45, 2.75) is 12.6 Å². The van der Waals surface area contributed by atoms with Gasteiger partial charge in [-0.3, -0.25) is 0 Å². The summed E-state index contributed by atoms with van der Waals surface area (Å²) in [5.41, 5.74) is 1.89. The number of carbonyl (C=O) groups is 1. The second kappa shape index (κ2) is 10.6. The molecule has 3 aromatic heterocycles. The first-order valence-electron chi connectivity index (χ1n) is 12.4. The van der Waals surface area contributed by atoms with Crippen LogP contribution in [0.3, 0.4) is 0 Å². The number of fused-ring (bicyclic) bond motifs is 1. The van der Waals surface area contributed by atoms with E-state index in [1.54, 1.807) is 22.8 Å². The van der Waals surface area contributed by atoms with E-state index >= 15 is 0 Å². The summed E-state index contributed by atoms with van der Waals surface area (Å²) in [5, 5.41) is 9.01. The van der Waals surface area contributed by atoms with Gasteiger partial charge in [-0.1, -0.05) is 23.7 Å². The van der Waals surface area contributed by atoms with Crippen LogP contribution in [0.4, 0.5) is 35.2 Å². The summed E-state index contributed by atoms with van der Waals surface area (Å²) in [6, 6.07) is 11.2. The van der Waals surface area contributed by atoms with Crippen LogP contribution in [0.5, 0.6) is 11.8 Å². The Morgan fingerprint density at radius 3 is 2.39 bits per heavy atom. The second-order valence-electron chi connectivity index (χ2n) is 9.11. The van der Waals surface area contributed by atoms with Gasteiger partial charge in [0.15, 0.2) is 5.65 Å². The van der Waals surface area contributed by atoms with E-state index in [2.05, 4.69) is 30.6 Å². The van der Waals surface area contributed by atoms with Crippen LogP contribution in [0.2, 0.25) is 5.02 Å². The number of benzene rings is 2. The first-order chi connectivity index (χ1) is 19.7. The third kappa shape index (κ3) is 5.70. The van der Waals surface area contributed by atoms with Gasteiger partial charge in [-0.15, -0.1) is 0 Å². The van der Waals surface area contributed by atoms with E-state index in [1.807, 2.05) is 24.4 Å². The average molecular weight is 581 g/mol. The zero-order valence-corrected chi connectivity index (χ0v) is 21.8. The number of nitrogens with zero attached hydrogens (tertiary/aromatic N) is 6. The molecule has 1 fully saturated rings. The highest BCUT2D eigenvalue weighted by Gasteiger charge is 2.31. The highest BCUT2D eigenvalue weighted by Crippen LogP contribution is 2.34. The molecule has 1 aliphatic heterocycles. The van der Waals surface area contributed by atoms with E-state index in [1.165, 1.54) is 18.8 Å². The Labute approximate surface area is 235 Å². The van der Waals surface area contributed by atoms with Crippen molar-refractivity contribution in [3.8, 4) is 22.9 Å². The molecule has 14 heteroatoms. The van der Waals surface area contributed by atoms with Crippen molar-refractivity contribution in [2.75, 3.05) is 28.6 Å². The number of urea groups is 1. The first kappa shape index (κ1) is 26.3. The number of hydrogen-bond acceptors (Lipinski definition) is 7. The molecule has 1 saturated heterocycles. The van der Waals surface area contributed by atoms with Crippen LogP contribution in [-0.4, -0.2) is 43.7 Å². The number of hydrogen-bond donors (Lipinski definition) is 2. The minimum Gasteiger partial charge on any atom is -0.424 e. The predicted octanol–water partition coefficient (Wildman–Crippen LogP) is 6.50. The van der Waals surface area contributed by atoms with Crippen molar-refractivity contribution < 1.29 is 22.7 Å². The van der Waals surface area contributed by atoms with Crippen molar-refractivity contribution in [1.82, 2.24) is 24.6 Å². The van der Waals surface area contributed by atoms with Gasteiger partial charge < -0.3 is 20.3 Å². The number of alkyl halides is 3. The third-order valence-electron chi connectivity index (χ3n) is 6.34. The Bertz CT molecular complexity index is 1720. The van der Waals surface area contributed by atoms with Crippen molar-refractivity contribution in [1.29, 1.82) is 0 Å². The van der Waals surface area contributed by atoms with E-state index in [4.69, 9.17) is 21.3 Å². The van der Waals surface area contributed by atoms with Crippen LogP contribution < -0.4 is 20.3 Å². The van der Waals surface area contributed by atoms with Gasteiger partial charge in [0.1, 0.15) is 11.6 Å². The molecule has 208 valence electrons. The Kier molecular flexibility index (Phi) is 6.79. The van der Waals surface area contributed by atoms with Crippen LogP contribution in [0.15, 0.2) is 73.3 Å². The van der Waals surface area contributed by atoms with Gasteiger partial charge in [0.25, 0.3) is 0 Å². The van der Waals surface area contributed by atoms with E-state index in [-0.39, 0.29) is 22.4 Å². The standard InChI is InChI=1S/C27H20ClF3N8O2/c28-21-12-17(27(29,30)31)4-7-22(21)36-25(40)35-18-13-32-26(33-14-18)41-19-5-2-16(3-6-19)20-15-34-39-11-8-23(37-24(20)39)38-9-1-10-38/h2-8,11-15H,1,9-10H2,(H2,35,36,40). The molecule has 4 heterocycles. The maximum atomic E-state index is 12.8. The maximum Gasteiger partial charge on any atom is 0.416 e. The molecule has 0 unspecified atom stereocenters. The molecule has 6 rings (SSSR count). The van der Waals surface area contributed by atoms with Crippen molar-refractivity contribution in [3.05, 3.63) is 83.9 Å². The fourth-order valence-corrected chi connectivity index (χ4v) is 4.33. The van der Waals surface area contributed by atoms with E-state index in [0.29, 0.717) is 5.75 Å². The molecule has 1 aliphatic rings. The normalized spacial score (nSPS) is 13.1. The third-order valence-corrected chi connectivity index (χ3v) is 6.65. The summed E-state index contributed by atoms with van der Waals surface area (Å²) in [6.07, 6.45) is 2.95. The summed E-state index contributed by atoms with van der Waals surface area (Å²) < 4.78 is 45.9. The molecule has 0 atom stereocenters. The molecule has 0 aliphatic carbocycles. The lowest BCUT2D eigenvalue weighted by atomic mass is 10.1. The minimum atomic E-state index is -4.54. The Morgan fingerprint density at radius 1 is 0.976 bits per heavy atom. The zero-order chi connectivity index (χ0) is 28.6. The molecule has 41 heavy (non-hydrogen) atoms. The average Bonchev–Trinajstić information content (AvgIpc) is 3.33. The van der Waals surface area contributed by atoms with Crippen LogP contribution in [0, 0.1) is 0 Å². The molecule has 2 amide bonds. The summed E-state index contributed by atoms with van der Waals surface area (Å²) in [6.45, 7) is 2.01. The van der Waals surface area contributed by atoms with E-state index < -0.39 is 17.8 Å². The number of halogens is 4. The van der Waals surface area contributed by atoms with Crippen LogP contribution in [-0.2, 0) is 6.18 Å². The fourth-order valence-electron chi connectivity index (χ4n) is 4.10. The lowest BCUT2D eigenvalue weighted by molar-refractivity contribution is -0.137. The Morgan fingerprint density at radius 2 is 1.73 bits per heavy atom. The van der Waals surface area contributed by atoms with Gasteiger partial charge in [-0.2, -0.15) is 18.3 Å². The molecule has 2 N–H and O–H groups in total. The summed E-state index contributed by atoms with van der Waals surface area (Å²) in [4.78, 5) is 27.5. The molecular weight excluding hydrogens is 561 g/mol. The lowest BCUT2D eigenvalue weighted by Gasteiger charge is -2.31. The number of carbonyl (C=O) groups excluding carboxylic acids is 1. The smallest absolute Gasteiger partial charge is 0.416 e. The van der Waals surface area contributed by atoms with E-state index in [0.717, 1.165) is 53.9 Å². The molecule has 0 bridgehead atoms. The Hall–Kier alpha value is -4.91.